The van der Waals surface area contributed by atoms with E-state index >= 15 is 0 Å². The molecule has 1 aromatic carbocycles. The van der Waals surface area contributed by atoms with Gasteiger partial charge in [-0.2, -0.15) is 0 Å². The first-order valence-corrected chi connectivity index (χ1v) is 9.47. The van der Waals surface area contributed by atoms with Crippen molar-refractivity contribution in [1.29, 1.82) is 0 Å². The molecule has 144 valence electrons. The number of methoxy groups -OCH3 is 1. The summed E-state index contributed by atoms with van der Waals surface area (Å²) in [5, 5.41) is 0.443. The van der Waals surface area contributed by atoms with Gasteiger partial charge in [0.15, 0.2) is 11.5 Å². The average molecular weight is 390 g/mol. The molecule has 6 heteroatoms. The number of furan rings is 1. The van der Waals surface area contributed by atoms with Gasteiger partial charge >= 0.3 is 0 Å². The molecule has 1 saturated carbocycles. The topological polar surface area (TPSA) is 51.9 Å². The van der Waals surface area contributed by atoms with Gasteiger partial charge in [0.25, 0.3) is 0 Å². The number of hydrogen-bond acceptors (Lipinski definition) is 4. The molecule has 0 N–H and O–H groups in total. The minimum Gasteiger partial charge on any atom is -0.491 e. The van der Waals surface area contributed by atoms with Crippen LogP contribution in [0, 0.1) is 0 Å². The van der Waals surface area contributed by atoms with E-state index in [-0.39, 0.29) is 18.0 Å². The average Bonchev–Trinajstić information content (AvgIpc) is 3.31. The molecule has 1 aliphatic carbocycles. The van der Waals surface area contributed by atoms with E-state index < -0.39 is 0 Å². The second kappa shape index (κ2) is 8.53. The molecule has 2 aromatic rings. The Bertz CT molecular complexity index is 812. The smallest absolute Gasteiger partial charge is 0.247 e. The van der Waals surface area contributed by atoms with E-state index in [0.29, 0.717) is 23.1 Å². The third-order valence-electron chi connectivity index (χ3n) is 4.52. The molecule has 5 nitrogen and oxygen atoms in total. The van der Waals surface area contributed by atoms with Crippen molar-refractivity contribution in [3.05, 3.63) is 53.0 Å². The molecule has 0 radical (unpaired) electrons. The van der Waals surface area contributed by atoms with Crippen molar-refractivity contribution < 1.29 is 18.7 Å². The zero-order valence-electron chi connectivity index (χ0n) is 15.8. The summed E-state index contributed by atoms with van der Waals surface area (Å²) in [6.45, 7) is 4.37. The van der Waals surface area contributed by atoms with Gasteiger partial charge in [0.1, 0.15) is 5.76 Å². The predicted molar refractivity (Wildman–Crippen MR) is 105 cm³/mol. The molecule has 3 rings (SSSR count). The first-order chi connectivity index (χ1) is 13.0. The predicted octanol–water partition coefficient (Wildman–Crippen LogP) is 5.11. The molecular weight excluding hydrogens is 366 g/mol. The monoisotopic (exact) mass is 389 g/mol. The highest BCUT2D eigenvalue weighted by Crippen LogP contribution is 2.37. The van der Waals surface area contributed by atoms with Crippen LogP contribution in [0.25, 0.3) is 6.08 Å². The molecule has 1 heterocycles. The van der Waals surface area contributed by atoms with E-state index in [0.717, 1.165) is 24.2 Å². The van der Waals surface area contributed by atoms with Crippen molar-refractivity contribution in [3.8, 4) is 11.5 Å². The minimum atomic E-state index is -0.108. The van der Waals surface area contributed by atoms with Crippen molar-refractivity contribution in [2.45, 2.75) is 38.8 Å². The Balaban J connectivity index is 1.80. The maximum absolute atomic E-state index is 12.9. The highest BCUT2D eigenvalue weighted by molar-refractivity contribution is 6.32. The van der Waals surface area contributed by atoms with Crippen LogP contribution in [0.1, 0.15) is 44.1 Å². The highest BCUT2D eigenvalue weighted by Gasteiger charge is 2.36. The Morgan fingerprint density at radius 2 is 2.22 bits per heavy atom. The van der Waals surface area contributed by atoms with E-state index in [4.69, 9.17) is 25.5 Å². The summed E-state index contributed by atoms with van der Waals surface area (Å²) in [6, 6.07) is 7.46. The maximum Gasteiger partial charge on any atom is 0.247 e. The van der Waals surface area contributed by atoms with Crippen LogP contribution < -0.4 is 9.47 Å². The van der Waals surface area contributed by atoms with Crippen molar-refractivity contribution in [3.63, 3.8) is 0 Å². The van der Waals surface area contributed by atoms with Crippen molar-refractivity contribution in [2.75, 3.05) is 13.7 Å². The number of amides is 1. The molecule has 0 aliphatic heterocycles. The number of nitrogens with zero attached hydrogens (tertiary/aromatic N) is 1. The summed E-state index contributed by atoms with van der Waals surface area (Å²) in [6.07, 6.45) is 7.00. The van der Waals surface area contributed by atoms with Crippen LogP contribution in [0.4, 0.5) is 0 Å². The number of hydrogen-bond donors (Lipinski definition) is 0. The quantitative estimate of drug-likeness (QED) is 0.589. The number of halogens is 1. The Morgan fingerprint density at radius 1 is 1.44 bits per heavy atom. The Hall–Kier alpha value is -2.40. The fourth-order valence-electron chi connectivity index (χ4n) is 3.10. The molecule has 1 atom stereocenters. The lowest BCUT2D eigenvalue weighted by Crippen LogP contribution is -2.34. The van der Waals surface area contributed by atoms with Crippen LogP contribution in [0.2, 0.25) is 5.02 Å². The molecule has 27 heavy (non-hydrogen) atoms. The van der Waals surface area contributed by atoms with Crippen LogP contribution in [0.3, 0.4) is 0 Å². The number of ether oxygens (including phenoxy) is 2. The Morgan fingerprint density at radius 3 is 2.81 bits per heavy atom. The molecule has 1 aliphatic rings. The van der Waals surface area contributed by atoms with Gasteiger partial charge in [-0.1, -0.05) is 11.6 Å². The van der Waals surface area contributed by atoms with Gasteiger partial charge in [-0.05, 0) is 62.6 Å². The van der Waals surface area contributed by atoms with Gasteiger partial charge in [0, 0.05) is 12.1 Å². The van der Waals surface area contributed by atoms with Crippen LogP contribution in [-0.2, 0) is 4.79 Å². The highest BCUT2D eigenvalue weighted by atomic mass is 35.5. The lowest BCUT2D eigenvalue weighted by Gasteiger charge is -2.26. The minimum absolute atomic E-state index is 0.0497. The second-order valence-electron chi connectivity index (χ2n) is 6.47. The standard InChI is InChI=1S/C21H24ClNO4/c1-4-26-19-13-15(12-17(22)21(19)25-3)7-10-20(24)23(16-8-9-16)14(2)18-6-5-11-27-18/h5-7,10-14,16H,4,8-9H2,1-3H3/b10-7+. The van der Waals surface area contributed by atoms with Crippen molar-refractivity contribution in [2.24, 2.45) is 0 Å². The van der Waals surface area contributed by atoms with E-state index in [2.05, 4.69) is 0 Å². The number of benzene rings is 1. The van der Waals surface area contributed by atoms with Crippen molar-refractivity contribution in [1.82, 2.24) is 4.90 Å². The lowest BCUT2D eigenvalue weighted by atomic mass is 10.1. The van der Waals surface area contributed by atoms with Gasteiger partial charge in [0.2, 0.25) is 5.91 Å². The first-order valence-electron chi connectivity index (χ1n) is 9.09. The number of carbonyl (C=O) groups excluding carboxylic acids is 1. The van der Waals surface area contributed by atoms with Crippen LogP contribution in [0.5, 0.6) is 11.5 Å². The summed E-state index contributed by atoms with van der Waals surface area (Å²) >= 11 is 6.28. The van der Waals surface area contributed by atoms with Crippen LogP contribution in [0.15, 0.2) is 41.0 Å². The fraction of sp³-hybridized carbons (Fsp3) is 0.381. The third kappa shape index (κ3) is 4.48. The lowest BCUT2D eigenvalue weighted by molar-refractivity contribution is -0.129. The van der Waals surface area contributed by atoms with Crippen LogP contribution >= 0.6 is 11.6 Å². The Kier molecular flexibility index (Phi) is 6.11. The van der Waals surface area contributed by atoms with Gasteiger partial charge in [-0.3, -0.25) is 4.79 Å². The van der Waals surface area contributed by atoms with Gasteiger partial charge < -0.3 is 18.8 Å². The van der Waals surface area contributed by atoms with E-state index in [9.17, 15) is 4.79 Å². The molecule has 0 saturated heterocycles. The molecule has 0 bridgehead atoms. The molecular formula is C21H24ClNO4. The largest absolute Gasteiger partial charge is 0.491 e. The SMILES string of the molecule is CCOc1cc(/C=C/C(=O)N(C2CC2)C(C)c2ccco2)cc(Cl)c1OC. The first kappa shape index (κ1) is 19.4. The van der Waals surface area contributed by atoms with Gasteiger partial charge in [-0.15, -0.1) is 0 Å². The molecule has 0 spiro atoms. The second-order valence-corrected chi connectivity index (χ2v) is 6.88. The number of rotatable bonds is 8. The Labute approximate surface area is 164 Å². The third-order valence-corrected chi connectivity index (χ3v) is 4.80. The van der Waals surface area contributed by atoms with E-state index in [1.807, 2.05) is 36.9 Å². The summed E-state index contributed by atoms with van der Waals surface area (Å²) < 4.78 is 16.4. The van der Waals surface area contributed by atoms with Gasteiger partial charge in [-0.25, -0.2) is 0 Å². The fourth-order valence-corrected chi connectivity index (χ4v) is 3.40. The molecule has 1 amide bonds. The summed E-state index contributed by atoms with van der Waals surface area (Å²) in [7, 11) is 1.55. The molecule has 1 fully saturated rings. The zero-order valence-corrected chi connectivity index (χ0v) is 16.5. The molecule has 1 aromatic heterocycles. The van der Waals surface area contributed by atoms with Crippen molar-refractivity contribution >= 4 is 23.6 Å². The summed E-state index contributed by atoms with van der Waals surface area (Å²) in [5.74, 6) is 1.79. The summed E-state index contributed by atoms with van der Waals surface area (Å²) in [4.78, 5) is 14.7. The number of carbonyl (C=O) groups is 1. The normalized spacial score (nSPS) is 15.0. The van der Waals surface area contributed by atoms with E-state index in [1.54, 1.807) is 31.6 Å². The zero-order chi connectivity index (χ0) is 19.4. The molecule has 1 unspecified atom stereocenters. The summed E-state index contributed by atoms with van der Waals surface area (Å²) in [5.41, 5.74) is 0.777. The van der Waals surface area contributed by atoms with E-state index in [1.165, 1.54) is 0 Å². The van der Waals surface area contributed by atoms with Gasteiger partial charge in [0.05, 0.1) is 31.0 Å². The maximum atomic E-state index is 12.9. The van der Waals surface area contributed by atoms with Crippen LogP contribution in [-0.4, -0.2) is 30.6 Å².